The molecule has 2 amide bonds. The van der Waals surface area contributed by atoms with Gasteiger partial charge in [0.05, 0.1) is 0 Å². The Balaban J connectivity index is 2.11. The molecule has 0 unspecified atom stereocenters. The van der Waals surface area contributed by atoms with Crippen LogP contribution in [0.3, 0.4) is 0 Å². The first kappa shape index (κ1) is 12.9. The SMILES string of the molecule is CC(C)N1CCN(c2ccc(CNO)cc2)C1=O. The normalized spacial score (nSPS) is 15.9. The number of carbonyl (C=O) groups excluding carboxylic acids is 1. The van der Waals surface area contributed by atoms with E-state index >= 15 is 0 Å². The molecule has 0 aliphatic carbocycles. The van der Waals surface area contributed by atoms with E-state index in [9.17, 15) is 4.79 Å². The lowest BCUT2D eigenvalue weighted by Crippen LogP contribution is -2.36. The maximum absolute atomic E-state index is 12.2. The minimum atomic E-state index is 0.0676. The summed E-state index contributed by atoms with van der Waals surface area (Å²) in [6, 6.07) is 7.94. The molecule has 0 bridgehead atoms. The lowest BCUT2D eigenvalue weighted by molar-refractivity contribution is 0.161. The smallest absolute Gasteiger partial charge is 0.320 e. The van der Waals surface area contributed by atoms with E-state index in [1.165, 1.54) is 0 Å². The van der Waals surface area contributed by atoms with E-state index in [1.54, 1.807) is 4.90 Å². The van der Waals surface area contributed by atoms with Crippen molar-refractivity contribution in [3.05, 3.63) is 29.8 Å². The molecule has 0 atom stereocenters. The summed E-state index contributed by atoms with van der Waals surface area (Å²) in [6.45, 7) is 5.96. The van der Waals surface area contributed by atoms with Gasteiger partial charge in [0.25, 0.3) is 0 Å². The molecule has 1 heterocycles. The van der Waals surface area contributed by atoms with Gasteiger partial charge < -0.3 is 10.1 Å². The average molecular weight is 249 g/mol. The molecular formula is C13H19N3O2. The summed E-state index contributed by atoms with van der Waals surface area (Å²) in [6.07, 6.45) is 0. The molecule has 5 nitrogen and oxygen atoms in total. The maximum atomic E-state index is 12.2. The standard InChI is InChI=1S/C13H19N3O2/c1-10(2)15-7-8-16(13(15)17)12-5-3-11(4-6-12)9-14-18/h3-6,10,14,18H,7-9H2,1-2H3. The summed E-state index contributed by atoms with van der Waals surface area (Å²) >= 11 is 0. The second-order valence-electron chi connectivity index (χ2n) is 4.72. The molecule has 0 aromatic heterocycles. The fraction of sp³-hybridized carbons (Fsp3) is 0.462. The molecule has 0 spiro atoms. The third-order valence-corrected chi connectivity index (χ3v) is 3.20. The first-order chi connectivity index (χ1) is 8.63. The molecule has 5 heteroatoms. The van der Waals surface area contributed by atoms with Crippen molar-refractivity contribution < 1.29 is 10.0 Å². The van der Waals surface area contributed by atoms with Gasteiger partial charge in [-0.15, -0.1) is 0 Å². The number of rotatable bonds is 4. The van der Waals surface area contributed by atoms with Crippen molar-refractivity contribution >= 4 is 11.7 Å². The summed E-state index contributed by atoms with van der Waals surface area (Å²) < 4.78 is 0. The van der Waals surface area contributed by atoms with Crippen molar-refractivity contribution in [1.29, 1.82) is 0 Å². The zero-order chi connectivity index (χ0) is 13.1. The van der Waals surface area contributed by atoms with Crippen LogP contribution in [0.15, 0.2) is 24.3 Å². The van der Waals surface area contributed by atoms with Gasteiger partial charge in [-0.1, -0.05) is 12.1 Å². The zero-order valence-electron chi connectivity index (χ0n) is 10.8. The van der Waals surface area contributed by atoms with Gasteiger partial charge >= 0.3 is 6.03 Å². The number of hydroxylamine groups is 1. The molecule has 2 N–H and O–H groups in total. The van der Waals surface area contributed by atoms with Gasteiger partial charge in [-0.2, -0.15) is 0 Å². The highest BCUT2D eigenvalue weighted by Crippen LogP contribution is 2.22. The molecule has 18 heavy (non-hydrogen) atoms. The van der Waals surface area contributed by atoms with Gasteiger partial charge in [-0.25, -0.2) is 10.3 Å². The number of amides is 2. The highest BCUT2D eigenvalue weighted by atomic mass is 16.5. The summed E-state index contributed by atoms with van der Waals surface area (Å²) in [5.74, 6) is 0. The number of nitrogens with one attached hydrogen (secondary N) is 1. The van der Waals surface area contributed by atoms with Crippen molar-refractivity contribution in [1.82, 2.24) is 10.4 Å². The molecule has 1 aromatic rings. The van der Waals surface area contributed by atoms with Crippen LogP contribution in [0, 0.1) is 0 Å². The van der Waals surface area contributed by atoms with E-state index in [2.05, 4.69) is 5.48 Å². The molecule has 1 aliphatic rings. The van der Waals surface area contributed by atoms with E-state index < -0.39 is 0 Å². The van der Waals surface area contributed by atoms with E-state index in [0.717, 1.165) is 24.3 Å². The number of carbonyl (C=O) groups is 1. The minimum absolute atomic E-state index is 0.0676. The van der Waals surface area contributed by atoms with Crippen LogP contribution in [0.1, 0.15) is 19.4 Å². The third-order valence-electron chi connectivity index (χ3n) is 3.20. The largest absolute Gasteiger partial charge is 0.324 e. The first-order valence-corrected chi connectivity index (χ1v) is 6.17. The Morgan fingerprint density at radius 3 is 2.44 bits per heavy atom. The highest BCUT2D eigenvalue weighted by Gasteiger charge is 2.30. The van der Waals surface area contributed by atoms with E-state index in [-0.39, 0.29) is 12.1 Å². The van der Waals surface area contributed by atoms with Gasteiger partial charge in [0.1, 0.15) is 0 Å². The average Bonchev–Trinajstić information content (AvgIpc) is 2.73. The monoisotopic (exact) mass is 249 g/mol. The van der Waals surface area contributed by atoms with E-state index in [4.69, 9.17) is 5.21 Å². The molecule has 1 fully saturated rings. The van der Waals surface area contributed by atoms with Crippen molar-refractivity contribution in [2.75, 3.05) is 18.0 Å². The molecule has 1 aliphatic heterocycles. The van der Waals surface area contributed by atoms with Crippen molar-refractivity contribution in [2.45, 2.75) is 26.4 Å². The zero-order valence-corrected chi connectivity index (χ0v) is 10.8. The molecular weight excluding hydrogens is 230 g/mol. The van der Waals surface area contributed by atoms with Crippen LogP contribution < -0.4 is 10.4 Å². The van der Waals surface area contributed by atoms with Gasteiger partial charge in [0.15, 0.2) is 0 Å². The van der Waals surface area contributed by atoms with Gasteiger partial charge in [-0.3, -0.25) is 4.90 Å². The summed E-state index contributed by atoms with van der Waals surface area (Å²) in [5, 5.41) is 8.62. The van der Waals surface area contributed by atoms with Gasteiger partial charge in [-0.05, 0) is 31.5 Å². The Morgan fingerprint density at radius 1 is 1.28 bits per heavy atom. The van der Waals surface area contributed by atoms with Gasteiger partial charge in [0.2, 0.25) is 0 Å². The Bertz CT molecular complexity index is 417. The second kappa shape index (κ2) is 5.37. The lowest BCUT2D eigenvalue weighted by atomic mass is 10.2. The van der Waals surface area contributed by atoms with Crippen molar-refractivity contribution in [3.8, 4) is 0 Å². The molecule has 1 saturated heterocycles. The third kappa shape index (κ3) is 2.47. The van der Waals surface area contributed by atoms with Crippen LogP contribution in [0.4, 0.5) is 10.5 Å². The van der Waals surface area contributed by atoms with Crippen LogP contribution in [0.5, 0.6) is 0 Å². The second-order valence-corrected chi connectivity index (χ2v) is 4.72. The molecule has 0 radical (unpaired) electrons. The number of hydrogen-bond acceptors (Lipinski definition) is 3. The fourth-order valence-electron chi connectivity index (χ4n) is 2.16. The number of nitrogens with zero attached hydrogens (tertiary/aromatic N) is 2. The Morgan fingerprint density at radius 2 is 1.94 bits per heavy atom. The summed E-state index contributed by atoms with van der Waals surface area (Å²) in [5.41, 5.74) is 4.00. The quantitative estimate of drug-likeness (QED) is 0.800. The Kier molecular flexibility index (Phi) is 3.84. The number of urea groups is 1. The van der Waals surface area contributed by atoms with Crippen molar-refractivity contribution in [2.24, 2.45) is 0 Å². The molecule has 2 rings (SSSR count). The van der Waals surface area contributed by atoms with Crippen LogP contribution in [-0.2, 0) is 6.54 Å². The van der Waals surface area contributed by atoms with E-state index in [0.29, 0.717) is 6.54 Å². The molecule has 98 valence electrons. The highest BCUT2D eigenvalue weighted by molar-refractivity contribution is 5.94. The Labute approximate surface area is 107 Å². The first-order valence-electron chi connectivity index (χ1n) is 6.17. The topological polar surface area (TPSA) is 55.8 Å². The molecule has 0 saturated carbocycles. The van der Waals surface area contributed by atoms with Gasteiger partial charge in [0, 0.05) is 31.4 Å². The number of anilines is 1. The van der Waals surface area contributed by atoms with Crippen molar-refractivity contribution in [3.63, 3.8) is 0 Å². The van der Waals surface area contributed by atoms with Crippen LogP contribution >= 0.6 is 0 Å². The number of benzene rings is 1. The minimum Gasteiger partial charge on any atom is -0.320 e. The van der Waals surface area contributed by atoms with Crippen LogP contribution in [0.25, 0.3) is 0 Å². The lowest BCUT2D eigenvalue weighted by Gasteiger charge is -2.21. The van der Waals surface area contributed by atoms with Crippen LogP contribution in [0.2, 0.25) is 0 Å². The summed E-state index contributed by atoms with van der Waals surface area (Å²) in [7, 11) is 0. The number of hydrogen-bond donors (Lipinski definition) is 2. The van der Waals surface area contributed by atoms with E-state index in [1.807, 2.05) is 43.0 Å². The molecule has 1 aromatic carbocycles. The Hall–Kier alpha value is -1.59. The van der Waals surface area contributed by atoms with Crippen LogP contribution in [-0.4, -0.2) is 35.3 Å². The summed E-state index contributed by atoms with van der Waals surface area (Å²) in [4.78, 5) is 15.8. The maximum Gasteiger partial charge on any atom is 0.324 e. The fourth-order valence-corrected chi connectivity index (χ4v) is 2.16. The predicted octanol–water partition coefficient (Wildman–Crippen LogP) is 1.82. The predicted molar refractivity (Wildman–Crippen MR) is 69.7 cm³/mol.